The van der Waals surface area contributed by atoms with Gasteiger partial charge in [-0.1, -0.05) is 283 Å². The average Bonchev–Trinajstić information content (AvgIpc) is 3.22. The van der Waals surface area contributed by atoms with Crippen LogP contribution in [0.15, 0.2) is 12.2 Å². The van der Waals surface area contributed by atoms with Crippen LogP contribution in [0.1, 0.15) is 296 Å². The number of hydrogen-bond donors (Lipinski definition) is 4. The first kappa shape index (κ1) is 57.1. The summed E-state index contributed by atoms with van der Waals surface area (Å²) in [4.78, 5) is 12.5. The van der Waals surface area contributed by atoms with Crippen molar-refractivity contribution >= 4 is 5.91 Å². The molecule has 0 aliphatic rings. The van der Waals surface area contributed by atoms with Crippen molar-refractivity contribution in [2.45, 2.75) is 315 Å². The van der Waals surface area contributed by atoms with Gasteiger partial charge in [0.1, 0.15) is 0 Å². The molecule has 0 saturated heterocycles. The summed E-state index contributed by atoms with van der Waals surface area (Å²) in [5.41, 5.74) is 0. The van der Waals surface area contributed by atoms with Gasteiger partial charge in [0.25, 0.3) is 0 Å². The highest BCUT2D eigenvalue weighted by atomic mass is 16.3. The lowest BCUT2D eigenvalue weighted by Gasteiger charge is -2.21. The van der Waals surface area contributed by atoms with Crippen LogP contribution in [0.25, 0.3) is 0 Å². The summed E-state index contributed by atoms with van der Waals surface area (Å²) < 4.78 is 0. The lowest BCUT2D eigenvalue weighted by molar-refractivity contribution is -0.124. The smallest absolute Gasteiger partial charge is 0.222 e. The first-order valence-electron chi connectivity index (χ1n) is 26.5. The fourth-order valence-electron chi connectivity index (χ4n) is 8.52. The van der Waals surface area contributed by atoms with Gasteiger partial charge in [-0.05, 0) is 19.3 Å². The van der Waals surface area contributed by atoms with E-state index in [1.54, 1.807) is 6.08 Å². The molecule has 0 fully saturated rings. The highest BCUT2D eigenvalue weighted by molar-refractivity contribution is 5.76. The van der Waals surface area contributed by atoms with Crippen LogP contribution in [-0.2, 0) is 4.79 Å². The molecule has 346 valence electrons. The SMILES string of the molecule is CCCCCCCCCCCC/C=C/C(O)C(CO)NC(=O)CC(O)CCCCCCCCCCCCCCCCCCCCCCCCCCCCCCCCC. The van der Waals surface area contributed by atoms with Crippen molar-refractivity contribution in [3.05, 3.63) is 12.2 Å². The van der Waals surface area contributed by atoms with Crippen molar-refractivity contribution in [1.29, 1.82) is 0 Å². The van der Waals surface area contributed by atoms with Crippen molar-refractivity contribution in [2.24, 2.45) is 0 Å². The molecule has 0 bridgehead atoms. The quantitative estimate of drug-likeness (QED) is 0.0364. The summed E-state index contributed by atoms with van der Waals surface area (Å²) in [7, 11) is 0. The predicted molar refractivity (Wildman–Crippen MR) is 255 cm³/mol. The zero-order chi connectivity index (χ0) is 42.3. The summed E-state index contributed by atoms with van der Waals surface area (Å²) in [6.07, 6.45) is 59.8. The highest BCUT2D eigenvalue weighted by Gasteiger charge is 2.20. The molecule has 0 aliphatic carbocycles. The van der Waals surface area contributed by atoms with Gasteiger partial charge in [0.2, 0.25) is 5.91 Å². The summed E-state index contributed by atoms with van der Waals surface area (Å²) in [6.45, 7) is 4.23. The molecule has 0 saturated carbocycles. The maximum Gasteiger partial charge on any atom is 0.222 e. The van der Waals surface area contributed by atoms with Crippen molar-refractivity contribution in [1.82, 2.24) is 5.32 Å². The number of amides is 1. The molecular weight excluding hydrogens is 715 g/mol. The van der Waals surface area contributed by atoms with Gasteiger partial charge in [-0.25, -0.2) is 0 Å². The summed E-state index contributed by atoms with van der Waals surface area (Å²) in [6, 6.07) is -0.739. The van der Waals surface area contributed by atoms with Gasteiger partial charge < -0.3 is 20.6 Å². The molecule has 0 aromatic heterocycles. The van der Waals surface area contributed by atoms with E-state index < -0.39 is 18.2 Å². The van der Waals surface area contributed by atoms with E-state index in [9.17, 15) is 20.1 Å². The van der Waals surface area contributed by atoms with E-state index in [2.05, 4.69) is 19.2 Å². The molecule has 5 heteroatoms. The molecule has 3 atom stereocenters. The van der Waals surface area contributed by atoms with E-state index >= 15 is 0 Å². The largest absolute Gasteiger partial charge is 0.394 e. The number of unbranched alkanes of at least 4 members (excludes halogenated alkanes) is 40. The number of hydrogen-bond acceptors (Lipinski definition) is 4. The molecule has 3 unspecified atom stereocenters. The molecule has 0 spiro atoms. The first-order chi connectivity index (χ1) is 28.5. The van der Waals surface area contributed by atoms with Crippen molar-refractivity contribution in [3.63, 3.8) is 0 Å². The van der Waals surface area contributed by atoms with E-state index in [-0.39, 0.29) is 18.9 Å². The van der Waals surface area contributed by atoms with E-state index in [0.717, 1.165) is 25.7 Å². The number of aliphatic hydroxyl groups is 3. The second-order valence-electron chi connectivity index (χ2n) is 18.5. The van der Waals surface area contributed by atoms with Crippen molar-refractivity contribution in [3.8, 4) is 0 Å². The van der Waals surface area contributed by atoms with Crippen LogP contribution < -0.4 is 5.32 Å². The van der Waals surface area contributed by atoms with Gasteiger partial charge in [-0.2, -0.15) is 0 Å². The number of carbonyl (C=O) groups excluding carboxylic acids is 1. The number of rotatable bonds is 49. The maximum atomic E-state index is 12.5. The molecule has 0 aromatic carbocycles. The van der Waals surface area contributed by atoms with E-state index in [0.29, 0.717) is 6.42 Å². The first-order valence-corrected chi connectivity index (χ1v) is 26.5. The minimum atomic E-state index is -0.924. The van der Waals surface area contributed by atoms with E-state index in [1.165, 1.54) is 244 Å². The maximum absolute atomic E-state index is 12.5. The monoisotopic (exact) mass is 820 g/mol. The summed E-state index contributed by atoms with van der Waals surface area (Å²) in [5, 5.41) is 33.3. The van der Waals surface area contributed by atoms with Gasteiger partial charge in [0.05, 0.1) is 31.3 Å². The Hall–Kier alpha value is -0.910. The Morgan fingerprint density at radius 2 is 0.707 bits per heavy atom. The number of carbonyl (C=O) groups is 1. The standard InChI is InChI=1S/C53H105NO4/c1-3-5-7-9-11-13-15-17-18-19-20-21-22-23-24-25-26-27-28-29-30-31-32-33-34-35-36-38-40-42-44-46-50(56)48-53(58)54-51(49-55)52(57)47-45-43-41-39-37-16-14-12-10-8-6-4-2/h45,47,50-52,55-57H,3-44,46,48-49H2,1-2H3,(H,54,58)/b47-45+. The number of nitrogens with one attached hydrogen (secondary N) is 1. The Balaban J connectivity index is 3.46. The molecule has 0 rings (SSSR count). The molecule has 4 N–H and O–H groups in total. The number of allylic oxidation sites excluding steroid dienone is 1. The Kier molecular flexibility index (Phi) is 48.0. The fraction of sp³-hybridized carbons (Fsp3) is 0.943. The molecule has 5 nitrogen and oxygen atoms in total. The zero-order valence-electron chi connectivity index (χ0n) is 39.5. The van der Waals surface area contributed by atoms with E-state index in [1.807, 2.05) is 6.08 Å². The highest BCUT2D eigenvalue weighted by Crippen LogP contribution is 2.18. The molecule has 0 radical (unpaired) electrons. The Bertz CT molecular complexity index is 818. The molecule has 0 aliphatic heterocycles. The molecule has 0 heterocycles. The molecule has 1 amide bonds. The Labute approximate surface area is 363 Å². The second-order valence-corrected chi connectivity index (χ2v) is 18.5. The van der Waals surface area contributed by atoms with Gasteiger partial charge in [0, 0.05) is 0 Å². The topological polar surface area (TPSA) is 89.8 Å². The molecule has 0 aromatic rings. The normalized spacial score (nSPS) is 13.4. The molecule has 58 heavy (non-hydrogen) atoms. The minimum absolute atomic E-state index is 0.0190. The van der Waals surface area contributed by atoms with Crippen LogP contribution >= 0.6 is 0 Å². The average molecular weight is 820 g/mol. The fourth-order valence-corrected chi connectivity index (χ4v) is 8.52. The third-order valence-electron chi connectivity index (χ3n) is 12.6. The third kappa shape index (κ3) is 44.6. The van der Waals surface area contributed by atoms with Crippen LogP contribution in [-0.4, -0.2) is 46.1 Å². The Morgan fingerprint density at radius 1 is 0.431 bits per heavy atom. The van der Waals surface area contributed by atoms with E-state index in [4.69, 9.17) is 0 Å². The van der Waals surface area contributed by atoms with Gasteiger partial charge in [-0.15, -0.1) is 0 Å². The molecular formula is C53H105NO4. The lowest BCUT2D eigenvalue weighted by atomic mass is 10.0. The van der Waals surface area contributed by atoms with Gasteiger partial charge >= 0.3 is 0 Å². The van der Waals surface area contributed by atoms with Crippen molar-refractivity contribution < 1.29 is 20.1 Å². The number of aliphatic hydroxyl groups excluding tert-OH is 3. The minimum Gasteiger partial charge on any atom is -0.394 e. The lowest BCUT2D eigenvalue weighted by Crippen LogP contribution is -2.45. The van der Waals surface area contributed by atoms with Gasteiger partial charge in [0.15, 0.2) is 0 Å². The van der Waals surface area contributed by atoms with Crippen LogP contribution in [0.3, 0.4) is 0 Å². The van der Waals surface area contributed by atoms with Crippen LogP contribution in [0.4, 0.5) is 0 Å². The van der Waals surface area contributed by atoms with Crippen LogP contribution in [0, 0.1) is 0 Å². The summed E-state index contributed by atoms with van der Waals surface area (Å²) >= 11 is 0. The Morgan fingerprint density at radius 3 is 1.00 bits per heavy atom. The third-order valence-corrected chi connectivity index (χ3v) is 12.6. The second kappa shape index (κ2) is 48.8. The summed E-state index contributed by atoms with van der Waals surface area (Å²) in [5.74, 6) is -0.311. The van der Waals surface area contributed by atoms with Crippen molar-refractivity contribution in [2.75, 3.05) is 6.61 Å². The van der Waals surface area contributed by atoms with Crippen LogP contribution in [0.5, 0.6) is 0 Å². The predicted octanol–water partition coefficient (Wildman–Crippen LogP) is 15.9. The van der Waals surface area contributed by atoms with Gasteiger partial charge in [-0.3, -0.25) is 4.79 Å². The zero-order valence-corrected chi connectivity index (χ0v) is 39.5. The van der Waals surface area contributed by atoms with Crippen LogP contribution in [0.2, 0.25) is 0 Å².